The zero-order valence-corrected chi connectivity index (χ0v) is 13.1. The van der Waals surface area contributed by atoms with Crippen LogP contribution in [0.4, 0.5) is 4.39 Å². The molecule has 1 aromatic heterocycles. The van der Waals surface area contributed by atoms with Gasteiger partial charge in [0.1, 0.15) is 11.5 Å². The fourth-order valence-corrected chi connectivity index (χ4v) is 3.04. The molecule has 1 aliphatic heterocycles. The van der Waals surface area contributed by atoms with Gasteiger partial charge in [-0.2, -0.15) is 0 Å². The molecule has 1 atom stereocenters. The summed E-state index contributed by atoms with van der Waals surface area (Å²) in [6.07, 6.45) is 3.93. The minimum Gasteiger partial charge on any atom is -0.364 e. The van der Waals surface area contributed by atoms with Crippen molar-refractivity contribution in [1.82, 2.24) is 9.88 Å². The molecule has 0 spiro atoms. The Kier molecular flexibility index (Phi) is 4.55. The van der Waals surface area contributed by atoms with E-state index in [2.05, 4.69) is 4.98 Å². The Balaban J connectivity index is 1.73. The Morgan fingerprint density at radius 3 is 2.58 bits per heavy atom. The number of carbonyl (C=O) groups is 2. The first-order valence-electron chi connectivity index (χ1n) is 7.86. The van der Waals surface area contributed by atoms with E-state index in [4.69, 9.17) is 5.73 Å². The molecular formula is C18H18FN3O2. The van der Waals surface area contributed by atoms with Gasteiger partial charge in [0.15, 0.2) is 0 Å². The predicted octanol–water partition coefficient (Wildman–Crippen LogP) is 2.17. The van der Waals surface area contributed by atoms with Gasteiger partial charge in [0.2, 0.25) is 0 Å². The van der Waals surface area contributed by atoms with E-state index in [1.807, 2.05) is 4.90 Å². The summed E-state index contributed by atoms with van der Waals surface area (Å²) < 4.78 is 13.0. The number of hydrogen-bond donors (Lipinski definition) is 1. The molecule has 2 heterocycles. The molecule has 5 nitrogen and oxygen atoms in total. The molecule has 1 fully saturated rings. The van der Waals surface area contributed by atoms with Gasteiger partial charge in [0.05, 0.1) is 5.56 Å². The van der Waals surface area contributed by atoms with Gasteiger partial charge in [-0.3, -0.25) is 14.6 Å². The highest BCUT2D eigenvalue weighted by Gasteiger charge is 2.29. The van der Waals surface area contributed by atoms with Gasteiger partial charge < -0.3 is 10.6 Å². The molecule has 0 saturated carbocycles. The van der Waals surface area contributed by atoms with E-state index >= 15 is 0 Å². The Labute approximate surface area is 139 Å². The second-order valence-electron chi connectivity index (χ2n) is 5.92. The number of aromatic nitrogens is 1. The maximum Gasteiger partial charge on any atom is 0.267 e. The first kappa shape index (κ1) is 16.1. The zero-order chi connectivity index (χ0) is 17.1. The number of hydrogen-bond acceptors (Lipinski definition) is 3. The summed E-state index contributed by atoms with van der Waals surface area (Å²) in [5.74, 6) is -0.994. The van der Waals surface area contributed by atoms with Gasteiger partial charge in [-0.05, 0) is 49.1 Å². The molecule has 1 unspecified atom stereocenters. The van der Waals surface area contributed by atoms with Crippen LogP contribution in [0.2, 0.25) is 0 Å². The molecule has 0 radical (unpaired) electrons. The van der Waals surface area contributed by atoms with Crippen LogP contribution in [0.1, 0.15) is 39.3 Å². The molecule has 2 N–H and O–H groups in total. The molecule has 1 aromatic carbocycles. The number of rotatable bonds is 4. The van der Waals surface area contributed by atoms with Crippen molar-refractivity contribution in [3.05, 3.63) is 65.2 Å². The van der Waals surface area contributed by atoms with E-state index in [9.17, 15) is 14.0 Å². The lowest BCUT2D eigenvalue weighted by Gasteiger charge is -2.25. The first-order valence-corrected chi connectivity index (χ1v) is 7.86. The van der Waals surface area contributed by atoms with Crippen molar-refractivity contribution in [2.24, 2.45) is 5.73 Å². The first-order chi connectivity index (χ1) is 11.5. The average Bonchev–Trinajstić information content (AvgIpc) is 3.04. The van der Waals surface area contributed by atoms with Crippen LogP contribution in [0.3, 0.4) is 0 Å². The van der Waals surface area contributed by atoms with Gasteiger partial charge in [-0.25, -0.2) is 4.39 Å². The van der Waals surface area contributed by atoms with Crippen molar-refractivity contribution in [2.75, 3.05) is 6.54 Å². The summed E-state index contributed by atoms with van der Waals surface area (Å²) in [6.45, 7) is 0.683. The molecule has 0 aliphatic carbocycles. The summed E-state index contributed by atoms with van der Waals surface area (Å²) in [5.41, 5.74) is 6.73. The molecule has 3 rings (SSSR count). The number of benzene rings is 1. The third-order valence-electron chi connectivity index (χ3n) is 4.29. The Bertz CT molecular complexity index is 744. The van der Waals surface area contributed by atoms with Gasteiger partial charge >= 0.3 is 0 Å². The van der Waals surface area contributed by atoms with Crippen LogP contribution in [0.5, 0.6) is 0 Å². The van der Waals surface area contributed by atoms with Crippen molar-refractivity contribution < 1.29 is 14.0 Å². The highest BCUT2D eigenvalue weighted by molar-refractivity contribution is 5.96. The lowest BCUT2D eigenvalue weighted by atomic mass is 10.0. The summed E-state index contributed by atoms with van der Waals surface area (Å²) in [7, 11) is 0. The van der Waals surface area contributed by atoms with Gasteiger partial charge in [0, 0.05) is 18.8 Å². The van der Waals surface area contributed by atoms with Crippen LogP contribution in [0.25, 0.3) is 0 Å². The number of likely N-dealkylation sites (tertiary alicyclic amines) is 1. The molecular weight excluding hydrogens is 309 g/mol. The topological polar surface area (TPSA) is 76.3 Å². The number of primary amides is 1. The molecule has 0 bridgehead atoms. The fourth-order valence-electron chi connectivity index (χ4n) is 3.04. The van der Waals surface area contributed by atoms with Crippen molar-refractivity contribution in [2.45, 2.75) is 25.3 Å². The second-order valence-corrected chi connectivity index (χ2v) is 5.92. The molecule has 2 aromatic rings. The molecule has 2 amide bonds. The van der Waals surface area contributed by atoms with Gasteiger partial charge in [0.25, 0.3) is 11.8 Å². The molecule has 24 heavy (non-hydrogen) atoms. The number of carbonyl (C=O) groups excluding carboxylic acids is 2. The van der Waals surface area contributed by atoms with Crippen LogP contribution < -0.4 is 5.73 Å². The highest BCUT2D eigenvalue weighted by atomic mass is 19.1. The van der Waals surface area contributed by atoms with Crippen LogP contribution in [0.15, 0.2) is 42.6 Å². The second kappa shape index (κ2) is 6.78. The van der Waals surface area contributed by atoms with Crippen LogP contribution >= 0.6 is 0 Å². The van der Waals surface area contributed by atoms with Crippen LogP contribution in [0, 0.1) is 5.82 Å². The third-order valence-corrected chi connectivity index (χ3v) is 4.29. The van der Waals surface area contributed by atoms with E-state index in [-0.39, 0.29) is 23.5 Å². The number of nitrogens with two attached hydrogens (primary N) is 1. The standard InChI is InChI=1S/C18H18FN3O2/c19-14-6-3-12(4-7-14)10-15-2-1-9-22(15)18(24)13-5-8-16(17(20)23)21-11-13/h3-8,11,15H,1-2,9-10H2,(H2,20,23). The number of nitrogens with zero attached hydrogens (tertiary/aromatic N) is 2. The molecule has 6 heteroatoms. The highest BCUT2D eigenvalue weighted by Crippen LogP contribution is 2.23. The smallest absolute Gasteiger partial charge is 0.267 e. The number of amides is 2. The van der Waals surface area contributed by atoms with E-state index in [0.717, 1.165) is 18.4 Å². The summed E-state index contributed by atoms with van der Waals surface area (Å²) in [4.78, 5) is 29.5. The maximum absolute atomic E-state index is 13.0. The largest absolute Gasteiger partial charge is 0.364 e. The van der Waals surface area contributed by atoms with E-state index in [1.165, 1.54) is 24.4 Å². The summed E-state index contributed by atoms with van der Waals surface area (Å²) in [5, 5.41) is 0. The Morgan fingerprint density at radius 2 is 1.96 bits per heavy atom. The van der Waals surface area contributed by atoms with E-state index in [1.54, 1.807) is 18.2 Å². The van der Waals surface area contributed by atoms with Crippen molar-refractivity contribution >= 4 is 11.8 Å². The SMILES string of the molecule is NC(=O)c1ccc(C(=O)N2CCCC2Cc2ccc(F)cc2)cn1. The van der Waals surface area contributed by atoms with E-state index < -0.39 is 5.91 Å². The summed E-state index contributed by atoms with van der Waals surface area (Å²) >= 11 is 0. The number of pyridine rings is 1. The van der Waals surface area contributed by atoms with Gasteiger partial charge in [-0.1, -0.05) is 12.1 Å². The zero-order valence-electron chi connectivity index (χ0n) is 13.1. The minimum atomic E-state index is -0.621. The molecule has 124 valence electrons. The van der Waals surface area contributed by atoms with E-state index in [0.29, 0.717) is 18.5 Å². The monoisotopic (exact) mass is 327 g/mol. The lowest BCUT2D eigenvalue weighted by Crippen LogP contribution is -2.37. The van der Waals surface area contributed by atoms with Crippen LogP contribution in [-0.4, -0.2) is 34.3 Å². The van der Waals surface area contributed by atoms with Crippen LogP contribution in [-0.2, 0) is 6.42 Å². The Hall–Kier alpha value is -2.76. The Morgan fingerprint density at radius 1 is 1.21 bits per heavy atom. The molecule has 1 saturated heterocycles. The fraction of sp³-hybridized carbons (Fsp3) is 0.278. The average molecular weight is 327 g/mol. The van der Waals surface area contributed by atoms with Crippen molar-refractivity contribution in [3.63, 3.8) is 0 Å². The normalized spacial score (nSPS) is 17.0. The quantitative estimate of drug-likeness (QED) is 0.935. The van der Waals surface area contributed by atoms with Gasteiger partial charge in [-0.15, -0.1) is 0 Å². The summed E-state index contributed by atoms with van der Waals surface area (Å²) in [6, 6.07) is 9.48. The maximum atomic E-state index is 13.0. The molecule has 1 aliphatic rings. The number of halogens is 1. The van der Waals surface area contributed by atoms with Crippen molar-refractivity contribution in [1.29, 1.82) is 0 Å². The predicted molar refractivity (Wildman–Crippen MR) is 86.9 cm³/mol. The third kappa shape index (κ3) is 3.42. The lowest BCUT2D eigenvalue weighted by molar-refractivity contribution is 0.0735. The van der Waals surface area contributed by atoms with Crippen molar-refractivity contribution in [3.8, 4) is 0 Å². The minimum absolute atomic E-state index is 0.0822.